The van der Waals surface area contributed by atoms with E-state index in [-0.39, 0.29) is 5.91 Å². The molecule has 1 aromatic carbocycles. The second kappa shape index (κ2) is 7.31. The third-order valence-electron chi connectivity index (χ3n) is 3.34. The van der Waals surface area contributed by atoms with Gasteiger partial charge >= 0.3 is 5.97 Å². The van der Waals surface area contributed by atoms with E-state index >= 15 is 0 Å². The minimum atomic E-state index is -0.390. The van der Waals surface area contributed by atoms with Gasteiger partial charge in [0.1, 0.15) is 11.5 Å². The van der Waals surface area contributed by atoms with Gasteiger partial charge in [-0.05, 0) is 50.2 Å². The van der Waals surface area contributed by atoms with E-state index in [2.05, 4.69) is 10.3 Å². The summed E-state index contributed by atoms with van der Waals surface area (Å²) in [6.45, 7) is 3.92. The maximum atomic E-state index is 12.3. The smallest absolute Gasteiger partial charge is 0.338 e. The van der Waals surface area contributed by atoms with E-state index in [0.717, 1.165) is 5.76 Å². The molecule has 0 saturated heterocycles. The zero-order valence-corrected chi connectivity index (χ0v) is 14.6. The van der Waals surface area contributed by atoms with E-state index in [1.165, 1.54) is 11.3 Å². The van der Waals surface area contributed by atoms with E-state index in [0.29, 0.717) is 34.3 Å². The highest BCUT2D eigenvalue weighted by atomic mass is 32.1. The highest BCUT2D eigenvalue weighted by Gasteiger charge is 2.14. The van der Waals surface area contributed by atoms with Crippen LogP contribution in [0.25, 0.3) is 10.8 Å². The van der Waals surface area contributed by atoms with Crippen LogP contribution >= 0.6 is 11.3 Å². The molecule has 3 rings (SSSR count). The van der Waals surface area contributed by atoms with E-state index in [9.17, 15) is 9.59 Å². The lowest BCUT2D eigenvalue weighted by Crippen LogP contribution is -2.12. The standard InChI is InChI=1S/C18H16N2O4S/c1-3-23-18(22)12-5-7-13(8-6-12)19-16(21)14-10-25-17(20-14)15-9-4-11(2)24-15/h4-10H,3H2,1-2H3,(H,19,21). The van der Waals surface area contributed by atoms with E-state index in [1.807, 2.05) is 19.1 Å². The van der Waals surface area contributed by atoms with E-state index in [4.69, 9.17) is 9.15 Å². The number of hydrogen-bond donors (Lipinski definition) is 1. The Morgan fingerprint density at radius 3 is 2.60 bits per heavy atom. The first-order valence-electron chi connectivity index (χ1n) is 7.67. The molecular weight excluding hydrogens is 340 g/mol. The van der Waals surface area contributed by atoms with Gasteiger partial charge in [-0.1, -0.05) is 0 Å². The fourth-order valence-electron chi connectivity index (χ4n) is 2.14. The molecule has 1 amide bonds. The van der Waals surface area contributed by atoms with Gasteiger partial charge in [-0.2, -0.15) is 0 Å². The molecule has 6 nitrogen and oxygen atoms in total. The Balaban J connectivity index is 1.68. The van der Waals surface area contributed by atoms with Crippen molar-refractivity contribution in [2.24, 2.45) is 0 Å². The topological polar surface area (TPSA) is 81.4 Å². The second-order valence-electron chi connectivity index (χ2n) is 5.20. The number of rotatable bonds is 5. The average molecular weight is 356 g/mol. The number of nitrogens with one attached hydrogen (secondary N) is 1. The zero-order chi connectivity index (χ0) is 17.8. The molecule has 0 fully saturated rings. The fourth-order valence-corrected chi connectivity index (χ4v) is 2.90. The maximum Gasteiger partial charge on any atom is 0.338 e. The number of hydrogen-bond acceptors (Lipinski definition) is 6. The van der Waals surface area contributed by atoms with E-state index < -0.39 is 5.97 Å². The van der Waals surface area contributed by atoms with E-state index in [1.54, 1.807) is 36.6 Å². The third kappa shape index (κ3) is 3.95. The first-order chi connectivity index (χ1) is 12.1. The Morgan fingerprint density at radius 1 is 1.20 bits per heavy atom. The molecule has 128 valence electrons. The predicted molar refractivity (Wildman–Crippen MR) is 94.9 cm³/mol. The van der Waals surface area contributed by atoms with Crippen molar-refractivity contribution in [3.8, 4) is 10.8 Å². The minimum Gasteiger partial charge on any atom is -0.462 e. The van der Waals surface area contributed by atoms with Gasteiger partial charge < -0.3 is 14.5 Å². The highest BCUT2D eigenvalue weighted by Crippen LogP contribution is 2.26. The fraction of sp³-hybridized carbons (Fsp3) is 0.167. The number of aryl methyl sites for hydroxylation is 1. The molecule has 7 heteroatoms. The average Bonchev–Trinajstić information content (AvgIpc) is 3.24. The molecule has 0 saturated carbocycles. The van der Waals surface area contributed by atoms with Crippen LogP contribution in [0.1, 0.15) is 33.5 Å². The summed E-state index contributed by atoms with van der Waals surface area (Å²) in [6, 6.07) is 10.2. The molecule has 0 spiro atoms. The molecule has 0 aliphatic carbocycles. The van der Waals surface area contributed by atoms with Crippen molar-refractivity contribution in [3.63, 3.8) is 0 Å². The Hall–Kier alpha value is -2.93. The lowest BCUT2D eigenvalue weighted by Gasteiger charge is -2.05. The van der Waals surface area contributed by atoms with Crippen molar-refractivity contribution >= 4 is 28.9 Å². The summed E-state index contributed by atoms with van der Waals surface area (Å²) in [7, 11) is 0. The van der Waals surface area contributed by atoms with Crippen LogP contribution in [0.4, 0.5) is 5.69 Å². The summed E-state index contributed by atoms with van der Waals surface area (Å²) in [5.41, 5.74) is 1.31. The molecule has 0 aliphatic heterocycles. The van der Waals surface area contributed by atoms with Crippen molar-refractivity contribution in [2.45, 2.75) is 13.8 Å². The number of aromatic nitrogens is 1. The van der Waals surface area contributed by atoms with Crippen LogP contribution in [0.5, 0.6) is 0 Å². The van der Waals surface area contributed by atoms with Crippen LogP contribution in [-0.2, 0) is 4.74 Å². The van der Waals surface area contributed by atoms with Crippen LogP contribution < -0.4 is 5.32 Å². The number of anilines is 1. The van der Waals surface area contributed by atoms with Gasteiger partial charge in [-0.25, -0.2) is 9.78 Å². The largest absolute Gasteiger partial charge is 0.462 e. The Labute approximate surface area is 148 Å². The molecule has 0 unspecified atom stereocenters. The molecule has 0 atom stereocenters. The first-order valence-corrected chi connectivity index (χ1v) is 8.55. The zero-order valence-electron chi connectivity index (χ0n) is 13.7. The highest BCUT2D eigenvalue weighted by molar-refractivity contribution is 7.13. The number of esters is 1. The molecule has 1 N–H and O–H groups in total. The summed E-state index contributed by atoms with van der Waals surface area (Å²) in [6.07, 6.45) is 0. The van der Waals surface area contributed by atoms with Crippen LogP contribution in [0.15, 0.2) is 46.2 Å². The molecule has 0 aliphatic rings. The number of nitrogens with zero attached hydrogens (tertiary/aromatic N) is 1. The van der Waals surface area contributed by atoms with Gasteiger partial charge in [0, 0.05) is 11.1 Å². The number of benzene rings is 1. The van der Waals surface area contributed by atoms with Crippen molar-refractivity contribution in [3.05, 3.63) is 58.8 Å². The Kier molecular flexibility index (Phi) is 4.95. The van der Waals surface area contributed by atoms with Crippen LogP contribution in [-0.4, -0.2) is 23.5 Å². The SMILES string of the molecule is CCOC(=O)c1ccc(NC(=O)c2csc(-c3ccc(C)o3)n2)cc1. The number of furan rings is 1. The predicted octanol–water partition coefficient (Wildman–Crippen LogP) is 4.14. The number of thiazole rings is 1. The summed E-state index contributed by atoms with van der Waals surface area (Å²) in [4.78, 5) is 28.2. The molecule has 2 aromatic heterocycles. The van der Waals surface area contributed by atoms with Crippen molar-refractivity contribution in [1.29, 1.82) is 0 Å². The van der Waals surface area contributed by atoms with Crippen molar-refractivity contribution in [2.75, 3.05) is 11.9 Å². The monoisotopic (exact) mass is 356 g/mol. The normalized spacial score (nSPS) is 10.5. The van der Waals surface area contributed by atoms with Crippen LogP contribution in [0, 0.1) is 6.92 Å². The summed E-state index contributed by atoms with van der Waals surface area (Å²) in [5, 5.41) is 5.07. The second-order valence-corrected chi connectivity index (χ2v) is 6.06. The summed E-state index contributed by atoms with van der Waals surface area (Å²) < 4.78 is 10.4. The molecule has 0 bridgehead atoms. The summed E-state index contributed by atoms with van der Waals surface area (Å²) in [5.74, 6) is 0.714. The van der Waals surface area contributed by atoms with Crippen LogP contribution in [0.3, 0.4) is 0 Å². The van der Waals surface area contributed by atoms with Crippen molar-refractivity contribution in [1.82, 2.24) is 4.98 Å². The molecule has 2 heterocycles. The van der Waals surface area contributed by atoms with Gasteiger partial charge in [-0.15, -0.1) is 11.3 Å². The van der Waals surface area contributed by atoms with Gasteiger partial charge in [0.15, 0.2) is 10.8 Å². The Bertz CT molecular complexity index is 896. The minimum absolute atomic E-state index is 0.309. The Morgan fingerprint density at radius 2 is 1.96 bits per heavy atom. The lowest BCUT2D eigenvalue weighted by molar-refractivity contribution is 0.0526. The number of carbonyl (C=O) groups excluding carboxylic acids is 2. The molecule has 0 radical (unpaired) electrons. The maximum absolute atomic E-state index is 12.3. The van der Waals surface area contributed by atoms with Crippen molar-refractivity contribution < 1.29 is 18.7 Å². The number of carbonyl (C=O) groups is 2. The summed E-state index contributed by atoms with van der Waals surface area (Å²) >= 11 is 1.34. The molecular formula is C18H16N2O4S. The van der Waals surface area contributed by atoms with Gasteiger partial charge in [0.05, 0.1) is 12.2 Å². The first kappa shape index (κ1) is 16.9. The number of amides is 1. The van der Waals surface area contributed by atoms with Gasteiger partial charge in [-0.3, -0.25) is 4.79 Å². The van der Waals surface area contributed by atoms with Gasteiger partial charge in [0.25, 0.3) is 5.91 Å². The van der Waals surface area contributed by atoms with Gasteiger partial charge in [0.2, 0.25) is 0 Å². The number of ether oxygens (including phenoxy) is 1. The third-order valence-corrected chi connectivity index (χ3v) is 4.20. The quantitative estimate of drug-likeness (QED) is 0.695. The molecule has 25 heavy (non-hydrogen) atoms. The van der Waals surface area contributed by atoms with Crippen LogP contribution in [0.2, 0.25) is 0 Å². The lowest BCUT2D eigenvalue weighted by atomic mass is 10.2. The molecule has 3 aromatic rings.